The fourth-order valence-electron chi connectivity index (χ4n) is 2.82. The number of alkyl halides is 3. The van der Waals surface area contributed by atoms with E-state index in [2.05, 4.69) is 27.0 Å². The van der Waals surface area contributed by atoms with Crippen molar-refractivity contribution < 1.29 is 13.6 Å². The number of pyridine rings is 1. The van der Waals surface area contributed by atoms with Gasteiger partial charge in [-0.2, -0.15) is 8.78 Å². The van der Waals surface area contributed by atoms with Crippen molar-refractivity contribution in [3.63, 3.8) is 0 Å². The molecule has 1 aromatic carbocycles. The molecule has 2 amide bonds. The highest BCUT2D eigenvalue weighted by Gasteiger charge is 2.30. The quantitative estimate of drug-likeness (QED) is 0.450. The summed E-state index contributed by atoms with van der Waals surface area (Å²) in [5.74, 6) is 0.913. The van der Waals surface area contributed by atoms with E-state index in [1.807, 2.05) is 6.07 Å². The molecular formula is C18H19F2IN4O. The van der Waals surface area contributed by atoms with Crippen LogP contribution in [0.25, 0.3) is 0 Å². The number of nitrogens with zero attached hydrogens (tertiary/aromatic N) is 1. The second kappa shape index (κ2) is 8.15. The molecule has 5 nitrogen and oxygen atoms in total. The number of hydrogen-bond acceptors (Lipinski definition) is 3. The Morgan fingerprint density at radius 3 is 2.88 bits per heavy atom. The van der Waals surface area contributed by atoms with Gasteiger partial charge in [0, 0.05) is 47.8 Å². The molecule has 3 N–H and O–H groups in total. The van der Waals surface area contributed by atoms with Crippen LogP contribution in [-0.4, -0.2) is 24.1 Å². The monoisotopic (exact) mass is 472 g/mol. The average molecular weight is 472 g/mol. The van der Waals surface area contributed by atoms with Crippen molar-refractivity contribution in [2.24, 2.45) is 0 Å². The zero-order valence-electron chi connectivity index (χ0n) is 14.0. The number of para-hydroxylation sites is 1. The van der Waals surface area contributed by atoms with Gasteiger partial charge in [-0.25, -0.2) is 9.78 Å². The van der Waals surface area contributed by atoms with Crippen LogP contribution in [0.15, 0.2) is 36.4 Å². The predicted octanol–water partition coefficient (Wildman–Crippen LogP) is 4.29. The maximum Gasteiger partial charge on any atom is 0.323 e. The molecule has 0 bridgehead atoms. The van der Waals surface area contributed by atoms with Crippen LogP contribution in [0.2, 0.25) is 0 Å². The molecular weight excluding hydrogens is 453 g/mol. The van der Waals surface area contributed by atoms with Gasteiger partial charge < -0.3 is 16.0 Å². The second-order valence-corrected chi connectivity index (χ2v) is 7.37. The van der Waals surface area contributed by atoms with E-state index in [1.54, 1.807) is 6.07 Å². The van der Waals surface area contributed by atoms with E-state index in [1.165, 1.54) is 23.8 Å². The number of carbonyl (C=O) groups is 1. The van der Waals surface area contributed by atoms with Crippen molar-refractivity contribution in [2.45, 2.75) is 23.2 Å². The molecule has 0 fully saturated rings. The van der Waals surface area contributed by atoms with Crippen molar-refractivity contribution >= 4 is 40.1 Å². The lowest BCUT2D eigenvalue weighted by molar-refractivity contribution is 0.128. The zero-order chi connectivity index (χ0) is 18.6. The number of halogens is 3. The zero-order valence-corrected chi connectivity index (χ0v) is 16.1. The third-order valence-electron chi connectivity index (χ3n) is 4.10. The summed E-state index contributed by atoms with van der Waals surface area (Å²) < 4.78 is 24.1. The summed E-state index contributed by atoms with van der Waals surface area (Å²) in [5, 5.41) is 8.44. The van der Waals surface area contributed by atoms with Crippen LogP contribution >= 0.6 is 22.6 Å². The molecule has 0 saturated heterocycles. The lowest BCUT2D eigenvalue weighted by Gasteiger charge is -2.17. The largest absolute Gasteiger partial charge is 0.370 e. The highest BCUT2D eigenvalue weighted by molar-refractivity contribution is 14.1. The van der Waals surface area contributed by atoms with Crippen molar-refractivity contribution in [3.8, 4) is 0 Å². The minimum atomic E-state index is -3.05. The normalized spacial score (nSPS) is 13.5. The van der Waals surface area contributed by atoms with E-state index in [9.17, 15) is 13.6 Å². The number of amides is 2. The van der Waals surface area contributed by atoms with Crippen molar-refractivity contribution in [3.05, 3.63) is 53.2 Å². The van der Waals surface area contributed by atoms with E-state index in [0.29, 0.717) is 13.0 Å². The van der Waals surface area contributed by atoms with Gasteiger partial charge in [-0.3, -0.25) is 0 Å². The minimum absolute atomic E-state index is 0.0977. The summed E-state index contributed by atoms with van der Waals surface area (Å²) >= 11 is 1.05. The van der Waals surface area contributed by atoms with E-state index in [0.717, 1.165) is 53.5 Å². The summed E-state index contributed by atoms with van der Waals surface area (Å²) in [6.07, 6.45) is 2.69. The van der Waals surface area contributed by atoms with Gasteiger partial charge in [0.05, 0.1) is 11.3 Å². The molecule has 1 aromatic heterocycles. The third kappa shape index (κ3) is 4.80. The Morgan fingerprint density at radius 2 is 2.08 bits per heavy atom. The van der Waals surface area contributed by atoms with Crippen LogP contribution in [0.1, 0.15) is 23.2 Å². The SMILES string of the molecule is O=C(NCCc1ccc2c(n1)NCCC2)Nc1ccccc1C(F)(F)I. The highest BCUT2D eigenvalue weighted by Crippen LogP contribution is 2.39. The van der Waals surface area contributed by atoms with Crippen LogP contribution in [-0.2, 0) is 16.8 Å². The van der Waals surface area contributed by atoms with E-state index in [4.69, 9.17) is 0 Å². The maximum absolute atomic E-state index is 13.6. The molecule has 1 aliphatic rings. The van der Waals surface area contributed by atoms with Gasteiger partial charge in [0.1, 0.15) is 5.82 Å². The topological polar surface area (TPSA) is 66.0 Å². The minimum Gasteiger partial charge on any atom is -0.370 e. The first-order valence-electron chi connectivity index (χ1n) is 8.37. The molecule has 138 valence electrons. The Balaban J connectivity index is 1.54. The van der Waals surface area contributed by atoms with E-state index in [-0.39, 0.29) is 11.3 Å². The Kier molecular flexibility index (Phi) is 5.90. The van der Waals surface area contributed by atoms with Gasteiger partial charge in [0.2, 0.25) is 0 Å². The first-order valence-corrected chi connectivity index (χ1v) is 9.45. The number of rotatable bonds is 5. The third-order valence-corrected chi connectivity index (χ3v) is 4.68. The number of carbonyl (C=O) groups excluding carboxylic acids is 1. The highest BCUT2D eigenvalue weighted by atomic mass is 127. The standard InChI is InChI=1S/C18H19F2IN4O/c19-18(20,21)14-5-1-2-6-15(14)25-17(26)23-11-9-13-8-7-12-4-3-10-22-16(12)24-13/h1-2,5-8H,3-4,9-11H2,(H,22,24)(H2,23,25,26). The molecule has 0 aliphatic carbocycles. The van der Waals surface area contributed by atoms with Gasteiger partial charge in [-0.1, -0.05) is 24.3 Å². The number of urea groups is 1. The first kappa shape index (κ1) is 18.8. The molecule has 0 spiro atoms. The number of aromatic nitrogens is 1. The molecule has 2 heterocycles. The molecule has 26 heavy (non-hydrogen) atoms. The van der Waals surface area contributed by atoms with Crippen LogP contribution in [0.4, 0.5) is 25.1 Å². The Hall–Kier alpha value is -1.97. The summed E-state index contributed by atoms with van der Waals surface area (Å²) in [4.78, 5) is 16.6. The summed E-state index contributed by atoms with van der Waals surface area (Å²) in [6.45, 7) is 1.28. The number of hydrogen-bond donors (Lipinski definition) is 3. The molecule has 0 atom stereocenters. The molecule has 0 radical (unpaired) electrons. The van der Waals surface area contributed by atoms with Gasteiger partial charge >= 0.3 is 9.96 Å². The second-order valence-electron chi connectivity index (χ2n) is 6.01. The lowest BCUT2D eigenvalue weighted by atomic mass is 10.1. The summed E-state index contributed by atoms with van der Waals surface area (Å²) in [7, 11) is 0. The number of anilines is 2. The Labute approximate surface area is 164 Å². The molecule has 0 unspecified atom stereocenters. The predicted molar refractivity (Wildman–Crippen MR) is 106 cm³/mol. The molecule has 0 saturated carbocycles. The van der Waals surface area contributed by atoms with Gasteiger partial charge in [0.15, 0.2) is 0 Å². The van der Waals surface area contributed by atoms with Crippen LogP contribution in [0.3, 0.4) is 0 Å². The first-order chi connectivity index (χ1) is 12.4. The lowest BCUT2D eigenvalue weighted by Crippen LogP contribution is -2.31. The molecule has 3 rings (SSSR count). The molecule has 2 aromatic rings. The van der Waals surface area contributed by atoms with Crippen LogP contribution in [0.5, 0.6) is 0 Å². The average Bonchev–Trinajstić information content (AvgIpc) is 2.61. The van der Waals surface area contributed by atoms with Crippen molar-refractivity contribution in [2.75, 3.05) is 23.7 Å². The van der Waals surface area contributed by atoms with Crippen molar-refractivity contribution in [1.29, 1.82) is 0 Å². The maximum atomic E-state index is 13.6. The fourth-order valence-corrected chi connectivity index (χ4v) is 3.29. The smallest absolute Gasteiger partial charge is 0.323 e. The van der Waals surface area contributed by atoms with Crippen LogP contribution < -0.4 is 16.0 Å². The van der Waals surface area contributed by atoms with Crippen molar-refractivity contribution in [1.82, 2.24) is 10.3 Å². The van der Waals surface area contributed by atoms with E-state index >= 15 is 0 Å². The Morgan fingerprint density at radius 1 is 1.27 bits per heavy atom. The number of nitrogens with one attached hydrogen (secondary N) is 3. The van der Waals surface area contributed by atoms with Gasteiger partial charge in [-0.05, 0) is 30.5 Å². The fraction of sp³-hybridized carbons (Fsp3) is 0.333. The van der Waals surface area contributed by atoms with E-state index < -0.39 is 9.96 Å². The number of benzene rings is 1. The number of fused-ring (bicyclic) bond motifs is 1. The Bertz CT molecular complexity index is 795. The van der Waals surface area contributed by atoms with Gasteiger partial charge in [-0.15, -0.1) is 0 Å². The number of aryl methyl sites for hydroxylation is 1. The van der Waals surface area contributed by atoms with Gasteiger partial charge in [0.25, 0.3) is 0 Å². The molecule has 1 aliphatic heterocycles. The summed E-state index contributed by atoms with van der Waals surface area (Å²) in [5.41, 5.74) is 1.96. The van der Waals surface area contributed by atoms with Crippen LogP contribution in [0, 0.1) is 0 Å². The summed E-state index contributed by atoms with van der Waals surface area (Å²) in [6, 6.07) is 9.37. The molecule has 8 heteroatoms.